The summed E-state index contributed by atoms with van der Waals surface area (Å²) in [6.45, 7) is 4.10. The smallest absolute Gasteiger partial charge is 0.310 e. The quantitative estimate of drug-likeness (QED) is 0.600. The van der Waals surface area contributed by atoms with E-state index < -0.39 is 0 Å². The number of esters is 1. The SMILES string of the molecule is CC(C)Oc1cccc(CC(=O)OCc2ccc(Cl)nc2)c1. The zero-order chi connectivity index (χ0) is 15.9. The summed E-state index contributed by atoms with van der Waals surface area (Å²) in [6, 6.07) is 10.9. The van der Waals surface area contributed by atoms with Gasteiger partial charge in [-0.15, -0.1) is 0 Å². The number of aromatic nitrogens is 1. The largest absolute Gasteiger partial charge is 0.491 e. The molecular formula is C17H18ClNO3. The number of hydrogen-bond acceptors (Lipinski definition) is 4. The van der Waals surface area contributed by atoms with Gasteiger partial charge in [0.25, 0.3) is 0 Å². The van der Waals surface area contributed by atoms with Crippen molar-refractivity contribution in [3.63, 3.8) is 0 Å². The summed E-state index contributed by atoms with van der Waals surface area (Å²) >= 11 is 5.70. The van der Waals surface area contributed by atoms with Gasteiger partial charge in [0.05, 0.1) is 12.5 Å². The highest BCUT2D eigenvalue weighted by Gasteiger charge is 2.07. The number of benzene rings is 1. The van der Waals surface area contributed by atoms with E-state index in [0.29, 0.717) is 5.15 Å². The molecule has 1 heterocycles. The Morgan fingerprint density at radius 2 is 2.05 bits per heavy atom. The molecule has 0 N–H and O–H groups in total. The summed E-state index contributed by atoms with van der Waals surface area (Å²) < 4.78 is 10.8. The van der Waals surface area contributed by atoms with Gasteiger partial charge < -0.3 is 9.47 Å². The second kappa shape index (κ2) is 7.80. The molecule has 5 heteroatoms. The average molecular weight is 320 g/mol. The third kappa shape index (κ3) is 5.37. The van der Waals surface area contributed by atoms with Crippen molar-refractivity contribution in [3.8, 4) is 5.75 Å². The first kappa shape index (κ1) is 16.3. The van der Waals surface area contributed by atoms with Gasteiger partial charge in [-0.25, -0.2) is 4.98 Å². The predicted molar refractivity (Wildman–Crippen MR) is 85.0 cm³/mol. The standard InChI is InChI=1S/C17H18ClNO3/c1-12(2)22-15-5-3-4-13(8-15)9-17(20)21-11-14-6-7-16(18)19-10-14/h3-8,10,12H,9,11H2,1-2H3. The van der Waals surface area contributed by atoms with Crippen LogP contribution in [0.4, 0.5) is 0 Å². The Morgan fingerprint density at radius 1 is 1.23 bits per heavy atom. The minimum Gasteiger partial charge on any atom is -0.491 e. The molecule has 22 heavy (non-hydrogen) atoms. The van der Waals surface area contributed by atoms with Crippen LogP contribution in [0, 0.1) is 0 Å². The normalized spacial score (nSPS) is 10.5. The van der Waals surface area contributed by atoms with Crippen molar-refractivity contribution in [2.45, 2.75) is 33.0 Å². The molecule has 0 saturated heterocycles. The number of carbonyl (C=O) groups excluding carboxylic acids is 1. The van der Waals surface area contributed by atoms with E-state index in [2.05, 4.69) is 4.98 Å². The molecule has 0 saturated carbocycles. The maximum atomic E-state index is 11.9. The Morgan fingerprint density at radius 3 is 2.73 bits per heavy atom. The first-order valence-corrected chi connectivity index (χ1v) is 7.42. The molecule has 116 valence electrons. The highest BCUT2D eigenvalue weighted by atomic mass is 35.5. The molecule has 1 aromatic carbocycles. The minimum absolute atomic E-state index is 0.0969. The summed E-state index contributed by atoms with van der Waals surface area (Å²) in [4.78, 5) is 15.8. The highest BCUT2D eigenvalue weighted by molar-refractivity contribution is 6.29. The molecule has 0 aliphatic heterocycles. The van der Waals surface area contributed by atoms with Crippen LogP contribution < -0.4 is 4.74 Å². The zero-order valence-corrected chi connectivity index (χ0v) is 13.3. The van der Waals surface area contributed by atoms with Crippen molar-refractivity contribution in [3.05, 3.63) is 58.9 Å². The number of halogens is 1. The van der Waals surface area contributed by atoms with Crippen LogP contribution in [0.1, 0.15) is 25.0 Å². The van der Waals surface area contributed by atoms with Gasteiger partial charge in [0.15, 0.2) is 0 Å². The Kier molecular flexibility index (Phi) is 5.78. The van der Waals surface area contributed by atoms with Gasteiger partial charge in [-0.2, -0.15) is 0 Å². The van der Waals surface area contributed by atoms with E-state index >= 15 is 0 Å². The lowest BCUT2D eigenvalue weighted by Crippen LogP contribution is -2.09. The van der Waals surface area contributed by atoms with Crippen LogP contribution in [0.3, 0.4) is 0 Å². The molecule has 2 aromatic rings. The molecule has 0 bridgehead atoms. The fraction of sp³-hybridized carbons (Fsp3) is 0.294. The van der Waals surface area contributed by atoms with Crippen LogP contribution in [0.5, 0.6) is 5.75 Å². The average Bonchev–Trinajstić information content (AvgIpc) is 2.46. The molecule has 4 nitrogen and oxygen atoms in total. The molecular weight excluding hydrogens is 302 g/mol. The molecule has 2 rings (SSSR count). The predicted octanol–water partition coefficient (Wildman–Crippen LogP) is 3.81. The van der Waals surface area contributed by atoms with E-state index in [1.165, 1.54) is 0 Å². The van der Waals surface area contributed by atoms with Crippen LogP contribution in [0.15, 0.2) is 42.6 Å². The summed E-state index contributed by atoms with van der Waals surface area (Å²) in [5, 5.41) is 0.414. The maximum Gasteiger partial charge on any atom is 0.310 e. The van der Waals surface area contributed by atoms with Crippen molar-refractivity contribution in [1.29, 1.82) is 0 Å². The van der Waals surface area contributed by atoms with Crippen molar-refractivity contribution in [2.75, 3.05) is 0 Å². The van der Waals surface area contributed by atoms with Crippen molar-refractivity contribution >= 4 is 17.6 Å². The monoisotopic (exact) mass is 319 g/mol. The van der Waals surface area contributed by atoms with Crippen LogP contribution in [0.2, 0.25) is 5.15 Å². The second-order valence-corrected chi connectivity index (χ2v) is 5.53. The Bertz CT molecular complexity index is 626. The molecule has 0 atom stereocenters. The minimum atomic E-state index is -0.295. The maximum absolute atomic E-state index is 11.9. The first-order valence-electron chi connectivity index (χ1n) is 7.04. The number of rotatable bonds is 6. The number of carbonyl (C=O) groups is 1. The van der Waals surface area contributed by atoms with E-state index in [0.717, 1.165) is 16.9 Å². The van der Waals surface area contributed by atoms with Crippen LogP contribution in [-0.4, -0.2) is 17.1 Å². The molecule has 0 radical (unpaired) electrons. The summed E-state index contributed by atoms with van der Waals surface area (Å²) in [5.74, 6) is 0.457. The lowest BCUT2D eigenvalue weighted by Gasteiger charge is -2.11. The fourth-order valence-corrected chi connectivity index (χ4v) is 1.99. The lowest BCUT2D eigenvalue weighted by atomic mass is 10.1. The number of nitrogens with zero attached hydrogens (tertiary/aromatic N) is 1. The highest BCUT2D eigenvalue weighted by Crippen LogP contribution is 2.16. The first-order chi connectivity index (χ1) is 10.5. The van der Waals surface area contributed by atoms with Crippen molar-refractivity contribution < 1.29 is 14.3 Å². The number of hydrogen-bond donors (Lipinski definition) is 0. The van der Waals surface area contributed by atoms with E-state index in [1.54, 1.807) is 18.3 Å². The van der Waals surface area contributed by atoms with Gasteiger partial charge in [-0.3, -0.25) is 4.79 Å². The summed E-state index contributed by atoms with van der Waals surface area (Å²) in [5.41, 5.74) is 1.66. The molecule has 1 aromatic heterocycles. The van der Waals surface area contributed by atoms with Gasteiger partial charge in [-0.1, -0.05) is 29.8 Å². The van der Waals surface area contributed by atoms with Gasteiger partial charge >= 0.3 is 5.97 Å². The molecule has 0 spiro atoms. The van der Waals surface area contributed by atoms with Crippen molar-refractivity contribution in [2.24, 2.45) is 0 Å². The number of pyridine rings is 1. The fourth-order valence-electron chi connectivity index (χ4n) is 1.87. The molecule has 0 aliphatic rings. The van der Waals surface area contributed by atoms with Gasteiger partial charge in [0.2, 0.25) is 0 Å². The van der Waals surface area contributed by atoms with Crippen LogP contribution in [0.25, 0.3) is 0 Å². The van der Waals surface area contributed by atoms with E-state index in [4.69, 9.17) is 21.1 Å². The van der Waals surface area contributed by atoms with Gasteiger partial charge in [0, 0.05) is 11.8 Å². The third-order valence-electron chi connectivity index (χ3n) is 2.81. The summed E-state index contributed by atoms with van der Waals surface area (Å²) in [7, 11) is 0. The van der Waals surface area contributed by atoms with Crippen LogP contribution in [-0.2, 0) is 22.6 Å². The van der Waals surface area contributed by atoms with Crippen molar-refractivity contribution in [1.82, 2.24) is 4.98 Å². The number of ether oxygens (including phenoxy) is 2. The molecule has 0 amide bonds. The van der Waals surface area contributed by atoms with Gasteiger partial charge in [0.1, 0.15) is 17.5 Å². The summed E-state index contributed by atoms with van der Waals surface area (Å²) in [6.07, 6.45) is 1.89. The molecule has 0 aliphatic carbocycles. The lowest BCUT2D eigenvalue weighted by molar-refractivity contribution is -0.144. The Hall–Kier alpha value is -2.07. The second-order valence-electron chi connectivity index (χ2n) is 5.14. The third-order valence-corrected chi connectivity index (χ3v) is 3.03. The van der Waals surface area contributed by atoms with Crippen LogP contribution >= 0.6 is 11.6 Å². The van der Waals surface area contributed by atoms with Gasteiger partial charge in [-0.05, 0) is 37.6 Å². The van der Waals surface area contributed by atoms with E-state index in [-0.39, 0.29) is 25.1 Å². The zero-order valence-electron chi connectivity index (χ0n) is 12.6. The molecule has 0 unspecified atom stereocenters. The van der Waals surface area contributed by atoms with E-state index in [1.807, 2.05) is 38.1 Å². The Balaban J connectivity index is 1.87. The molecule has 0 fully saturated rings. The topological polar surface area (TPSA) is 48.4 Å². The van der Waals surface area contributed by atoms with E-state index in [9.17, 15) is 4.79 Å². The Labute approximate surface area is 135 Å².